The van der Waals surface area contributed by atoms with Gasteiger partial charge in [-0.25, -0.2) is 4.98 Å². The van der Waals surface area contributed by atoms with Crippen LogP contribution in [-0.2, 0) is 6.18 Å². The number of nitrogen functional groups attached to an aromatic ring is 2. The summed E-state index contributed by atoms with van der Waals surface area (Å²) in [6.07, 6.45) is -4.56. The van der Waals surface area contributed by atoms with E-state index in [1.54, 1.807) is 6.07 Å². The molecule has 0 unspecified atom stereocenters. The van der Waals surface area contributed by atoms with Crippen LogP contribution in [0.5, 0.6) is 0 Å². The van der Waals surface area contributed by atoms with E-state index in [4.69, 9.17) is 28.3 Å². The molecule has 4 N–H and O–H groups in total. The third-order valence-electron chi connectivity index (χ3n) is 2.61. The number of hydrogen-bond acceptors (Lipinski definition) is 5. The Morgan fingerprint density at radius 2 is 1.86 bits per heavy atom. The van der Waals surface area contributed by atoms with E-state index in [1.807, 2.05) is 0 Å². The Balaban J connectivity index is 2.76. The first kappa shape index (κ1) is 14.9. The number of hydrogen-bond donors (Lipinski definition) is 2. The Bertz CT molecular complexity index is 752. The normalized spacial score (nSPS) is 11.2. The maximum absolute atomic E-state index is 12.8. The molecule has 0 radical (unpaired) electrons. The van der Waals surface area contributed by atoms with Crippen LogP contribution in [0.3, 0.4) is 0 Å². The zero-order valence-corrected chi connectivity index (χ0v) is 11.0. The van der Waals surface area contributed by atoms with Gasteiger partial charge < -0.3 is 11.5 Å². The van der Waals surface area contributed by atoms with Gasteiger partial charge in [0.2, 0.25) is 5.95 Å². The van der Waals surface area contributed by atoms with Gasteiger partial charge in [0.25, 0.3) is 0 Å². The number of halogens is 4. The highest BCUT2D eigenvalue weighted by Crippen LogP contribution is 2.37. The van der Waals surface area contributed by atoms with E-state index in [-0.39, 0.29) is 33.6 Å². The first-order valence-electron chi connectivity index (χ1n) is 5.44. The summed E-state index contributed by atoms with van der Waals surface area (Å²) in [6.45, 7) is 0. The van der Waals surface area contributed by atoms with Crippen LogP contribution in [0.15, 0.2) is 18.2 Å². The molecule has 21 heavy (non-hydrogen) atoms. The van der Waals surface area contributed by atoms with Crippen molar-refractivity contribution < 1.29 is 13.2 Å². The average Bonchev–Trinajstić information content (AvgIpc) is 2.37. The first-order chi connectivity index (χ1) is 9.74. The van der Waals surface area contributed by atoms with Gasteiger partial charge >= 0.3 is 6.18 Å². The topological polar surface area (TPSA) is 102 Å². The van der Waals surface area contributed by atoms with Gasteiger partial charge in [0.15, 0.2) is 0 Å². The van der Waals surface area contributed by atoms with Crippen LogP contribution >= 0.6 is 11.6 Å². The van der Waals surface area contributed by atoms with Crippen molar-refractivity contribution in [2.75, 3.05) is 11.5 Å². The largest absolute Gasteiger partial charge is 0.416 e. The van der Waals surface area contributed by atoms with Crippen LogP contribution in [0.4, 0.5) is 24.9 Å². The van der Waals surface area contributed by atoms with Crippen LogP contribution in [0, 0.1) is 11.3 Å². The third kappa shape index (κ3) is 2.83. The number of nitrogens with two attached hydrogens (primary N) is 2. The molecule has 0 fully saturated rings. The fourth-order valence-corrected chi connectivity index (χ4v) is 1.89. The molecule has 0 aliphatic carbocycles. The van der Waals surface area contributed by atoms with E-state index < -0.39 is 11.7 Å². The Morgan fingerprint density at radius 1 is 1.19 bits per heavy atom. The molecule has 1 heterocycles. The molecule has 5 nitrogen and oxygen atoms in total. The van der Waals surface area contributed by atoms with E-state index in [0.717, 1.165) is 18.2 Å². The van der Waals surface area contributed by atoms with Crippen molar-refractivity contribution in [2.24, 2.45) is 0 Å². The molecule has 9 heteroatoms. The molecule has 108 valence electrons. The van der Waals surface area contributed by atoms with E-state index >= 15 is 0 Å². The van der Waals surface area contributed by atoms with E-state index in [9.17, 15) is 13.2 Å². The molecule has 2 aromatic rings. The molecule has 0 bridgehead atoms. The Labute approximate surface area is 122 Å². The fourth-order valence-electron chi connectivity index (χ4n) is 1.68. The van der Waals surface area contributed by atoms with Gasteiger partial charge in [-0.2, -0.15) is 23.4 Å². The molecule has 0 atom stereocenters. The van der Waals surface area contributed by atoms with Gasteiger partial charge in [-0.3, -0.25) is 0 Å². The van der Waals surface area contributed by atoms with Crippen molar-refractivity contribution in [3.05, 3.63) is 34.3 Å². The van der Waals surface area contributed by atoms with Crippen LogP contribution in [0.25, 0.3) is 11.3 Å². The van der Waals surface area contributed by atoms with Crippen LogP contribution in [0.1, 0.15) is 11.1 Å². The maximum atomic E-state index is 12.8. The van der Waals surface area contributed by atoms with Crippen molar-refractivity contribution in [3.8, 4) is 17.3 Å². The number of nitrogens with zero attached hydrogens (tertiary/aromatic N) is 3. The van der Waals surface area contributed by atoms with Crippen LogP contribution < -0.4 is 11.5 Å². The minimum Gasteiger partial charge on any atom is -0.382 e. The average molecular weight is 314 g/mol. The lowest BCUT2D eigenvalue weighted by atomic mass is 10.0. The van der Waals surface area contributed by atoms with Crippen LogP contribution in [-0.4, -0.2) is 9.97 Å². The predicted octanol–water partition coefficient (Wildman–Crippen LogP) is 2.85. The second kappa shape index (κ2) is 5.10. The van der Waals surface area contributed by atoms with Gasteiger partial charge in [-0.15, -0.1) is 0 Å². The lowest BCUT2D eigenvalue weighted by Crippen LogP contribution is -2.07. The third-order valence-corrected chi connectivity index (χ3v) is 2.94. The summed E-state index contributed by atoms with van der Waals surface area (Å²) in [5.74, 6) is -0.497. The Morgan fingerprint density at radius 3 is 2.43 bits per heavy atom. The number of nitriles is 1. The lowest BCUT2D eigenvalue weighted by molar-refractivity contribution is -0.137. The van der Waals surface area contributed by atoms with Crippen molar-refractivity contribution >= 4 is 23.4 Å². The van der Waals surface area contributed by atoms with Gasteiger partial charge in [0.05, 0.1) is 16.3 Å². The summed E-state index contributed by atoms with van der Waals surface area (Å²) >= 11 is 5.90. The summed E-state index contributed by atoms with van der Waals surface area (Å²) in [5, 5.41) is 9.04. The number of rotatable bonds is 1. The summed E-state index contributed by atoms with van der Waals surface area (Å²) in [7, 11) is 0. The summed E-state index contributed by atoms with van der Waals surface area (Å²) < 4.78 is 38.3. The molecule has 1 aromatic carbocycles. The van der Waals surface area contributed by atoms with Crippen molar-refractivity contribution in [3.63, 3.8) is 0 Å². The molecule has 0 saturated carbocycles. The molecular formula is C12H7ClF3N5. The van der Waals surface area contributed by atoms with Crippen molar-refractivity contribution in [2.45, 2.75) is 6.18 Å². The quantitative estimate of drug-likeness (QED) is 0.843. The maximum Gasteiger partial charge on any atom is 0.416 e. The molecule has 0 saturated heterocycles. The molecule has 2 rings (SSSR count). The number of anilines is 2. The molecule has 0 aliphatic rings. The van der Waals surface area contributed by atoms with E-state index in [2.05, 4.69) is 9.97 Å². The fraction of sp³-hybridized carbons (Fsp3) is 0.0833. The SMILES string of the molecule is N#Cc1c(N)nc(N)nc1-c1cc(C(F)(F)F)ccc1Cl. The highest BCUT2D eigenvalue weighted by atomic mass is 35.5. The van der Waals surface area contributed by atoms with Crippen molar-refractivity contribution in [1.82, 2.24) is 9.97 Å². The van der Waals surface area contributed by atoms with Gasteiger partial charge in [0, 0.05) is 5.56 Å². The minimum absolute atomic E-state index is 0.0167. The Hall–Kier alpha value is -2.53. The van der Waals surface area contributed by atoms with Gasteiger partial charge in [-0.1, -0.05) is 11.6 Å². The number of alkyl halides is 3. The monoisotopic (exact) mass is 313 g/mol. The zero-order valence-electron chi connectivity index (χ0n) is 10.2. The number of benzene rings is 1. The van der Waals surface area contributed by atoms with Gasteiger partial charge in [0.1, 0.15) is 17.5 Å². The minimum atomic E-state index is -4.56. The Kier molecular flexibility index (Phi) is 3.61. The van der Waals surface area contributed by atoms with Crippen molar-refractivity contribution in [1.29, 1.82) is 5.26 Å². The first-order valence-corrected chi connectivity index (χ1v) is 5.82. The van der Waals surface area contributed by atoms with Gasteiger partial charge in [-0.05, 0) is 18.2 Å². The number of aromatic nitrogens is 2. The highest BCUT2D eigenvalue weighted by molar-refractivity contribution is 6.33. The zero-order chi connectivity index (χ0) is 15.8. The summed E-state index contributed by atoms with van der Waals surface area (Å²) in [6, 6.07) is 4.40. The molecule has 0 amide bonds. The summed E-state index contributed by atoms with van der Waals surface area (Å²) in [5.41, 5.74) is 9.59. The lowest BCUT2D eigenvalue weighted by Gasteiger charge is -2.12. The standard InChI is InChI=1S/C12H7ClF3N5/c13-8-2-1-5(12(14,15)16)3-6(8)9-7(4-17)10(18)21-11(19)20-9/h1-3H,(H4,18,19,20,21). The highest BCUT2D eigenvalue weighted by Gasteiger charge is 2.31. The predicted molar refractivity (Wildman–Crippen MR) is 71.0 cm³/mol. The molecule has 1 aromatic heterocycles. The summed E-state index contributed by atoms with van der Waals surface area (Å²) in [4.78, 5) is 7.36. The smallest absolute Gasteiger partial charge is 0.382 e. The second-order valence-electron chi connectivity index (χ2n) is 3.99. The van der Waals surface area contributed by atoms with E-state index in [1.165, 1.54) is 0 Å². The van der Waals surface area contributed by atoms with E-state index in [0.29, 0.717) is 0 Å². The van der Waals surface area contributed by atoms with Crippen LogP contribution in [0.2, 0.25) is 5.02 Å². The second-order valence-corrected chi connectivity index (χ2v) is 4.40. The molecular weight excluding hydrogens is 307 g/mol. The molecule has 0 spiro atoms. The molecule has 0 aliphatic heterocycles.